The quantitative estimate of drug-likeness (QED) is 0.322. The lowest BCUT2D eigenvalue weighted by Crippen LogP contribution is -2.46. The van der Waals surface area contributed by atoms with Crippen molar-refractivity contribution in [1.29, 1.82) is 0 Å². The first-order valence-corrected chi connectivity index (χ1v) is 7.67. The van der Waals surface area contributed by atoms with Gasteiger partial charge in [0.1, 0.15) is 6.17 Å². The van der Waals surface area contributed by atoms with Crippen molar-refractivity contribution in [2.75, 3.05) is 6.67 Å². The van der Waals surface area contributed by atoms with Gasteiger partial charge in [-0.25, -0.2) is 26.5 Å². The summed E-state index contributed by atoms with van der Waals surface area (Å²) in [5.74, 6) is 0. The molecule has 0 amide bonds. The Bertz CT molecular complexity index is 418. The fourth-order valence-corrected chi connectivity index (χ4v) is 2.20. The van der Waals surface area contributed by atoms with Crippen LogP contribution in [0.4, 0.5) is 26.3 Å². The van der Waals surface area contributed by atoms with Crippen molar-refractivity contribution in [3.05, 3.63) is 30.6 Å². The molecule has 5 unspecified atom stereocenters. The maximum Gasteiger partial charge on any atom is 0.192 e. The Morgan fingerprint density at radius 2 is 1.30 bits per heavy atom. The second-order valence-electron chi connectivity index (χ2n) is 5.48. The lowest BCUT2D eigenvalue weighted by molar-refractivity contribution is -0.702. The van der Waals surface area contributed by atoms with Crippen LogP contribution in [-0.4, -0.2) is 37.5 Å². The van der Waals surface area contributed by atoms with Crippen LogP contribution < -0.4 is 4.57 Å². The average molecular weight is 342 g/mol. The van der Waals surface area contributed by atoms with Gasteiger partial charge in [0.25, 0.3) is 0 Å². The van der Waals surface area contributed by atoms with E-state index in [0.717, 1.165) is 0 Å². The van der Waals surface area contributed by atoms with Gasteiger partial charge in [0.2, 0.25) is 0 Å². The molecule has 1 rings (SSSR count). The number of nitrogens with zero attached hydrogens (tertiary/aromatic N) is 1. The molecule has 1 aromatic rings. The fourth-order valence-electron chi connectivity index (χ4n) is 2.20. The maximum absolute atomic E-state index is 13.7. The lowest BCUT2D eigenvalue weighted by Gasteiger charge is -2.21. The topological polar surface area (TPSA) is 3.88 Å². The number of hydrogen-bond donors (Lipinski definition) is 0. The first kappa shape index (κ1) is 19.8. The largest absolute Gasteiger partial charge is 0.251 e. The third-order valence-electron chi connectivity index (χ3n) is 3.58. The van der Waals surface area contributed by atoms with Crippen LogP contribution in [0.25, 0.3) is 0 Å². The molecule has 1 aromatic heterocycles. The summed E-state index contributed by atoms with van der Waals surface area (Å²) < 4.78 is 81.4. The first-order chi connectivity index (χ1) is 11.0. The molecule has 0 saturated carbocycles. The van der Waals surface area contributed by atoms with Crippen LogP contribution in [0.1, 0.15) is 25.7 Å². The number of hydrogen-bond acceptors (Lipinski definition) is 0. The second-order valence-corrected chi connectivity index (χ2v) is 5.48. The smallest absolute Gasteiger partial charge is 0.192 e. The van der Waals surface area contributed by atoms with Crippen LogP contribution >= 0.6 is 0 Å². The third-order valence-corrected chi connectivity index (χ3v) is 3.58. The number of pyridine rings is 1. The molecular formula is C16H22F6N+. The van der Waals surface area contributed by atoms with Gasteiger partial charge in [-0.2, -0.15) is 0 Å². The zero-order chi connectivity index (χ0) is 17.2. The molecule has 0 saturated heterocycles. The summed E-state index contributed by atoms with van der Waals surface area (Å²) >= 11 is 0. The predicted molar refractivity (Wildman–Crippen MR) is 75.6 cm³/mol. The molecule has 0 bridgehead atoms. The number of alkyl halides is 6. The molecule has 0 radical (unpaired) electrons. The molecule has 1 nitrogen and oxygen atoms in total. The molecule has 1 heterocycles. The van der Waals surface area contributed by atoms with Gasteiger partial charge in [-0.05, 0) is 12.8 Å². The SMILES string of the molecule is FCCCCCC(F)C(F)C(F)C(F)C(F)C[n+]1ccccc1. The summed E-state index contributed by atoms with van der Waals surface area (Å²) in [6.07, 6.45) is -9.53. The minimum atomic E-state index is -2.87. The number of halogens is 6. The number of unbranched alkanes of at least 4 members (excludes halogenated alkanes) is 2. The summed E-state index contributed by atoms with van der Waals surface area (Å²) in [6.45, 7) is -1.04. The summed E-state index contributed by atoms with van der Waals surface area (Å²) in [7, 11) is 0. The van der Waals surface area contributed by atoms with E-state index >= 15 is 0 Å². The molecule has 5 atom stereocenters. The van der Waals surface area contributed by atoms with E-state index in [1.54, 1.807) is 18.2 Å². The van der Waals surface area contributed by atoms with E-state index in [4.69, 9.17) is 0 Å². The van der Waals surface area contributed by atoms with Crippen LogP contribution in [0.15, 0.2) is 30.6 Å². The van der Waals surface area contributed by atoms with Gasteiger partial charge in [-0.15, -0.1) is 0 Å². The van der Waals surface area contributed by atoms with E-state index in [1.165, 1.54) is 17.0 Å². The average Bonchev–Trinajstić information content (AvgIpc) is 2.57. The van der Waals surface area contributed by atoms with Gasteiger partial charge < -0.3 is 0 Å². The minimum Gasteiger partial charge on any atom is -0.251 e. The number of aromatic nitrogens is 1. The molecule has 7 heteroatoms. The van der Waals surface area contributed by atoms with E-state index in [1.807, 2.05) is 0 Å². The van der Waals surface area contributed by atoms with Gasteiger partial charge in [0.05, 0.1) is 6.67 Å². The molecule has 0 fully saturated rings. The van der Waals surface area contributed by atoms with Gasteiger partial charge >= 0.3 is 0 Å². The maximum atomic E-state index is 13.7. The molecule has 23 heavy (non-hydrogen) atoms. The van der Waals surface area contributed by atoms with Crippen molar-refractivity contribution in [1.82, 2.24) is 0 Å². The van der Waals surface area contributed by atoms with Gasteiger partial charge in [0, 0.05) is 12.1 Å². The Hall–Kier alpha value is -1.27. The molecule has 0 spiro atoms. The van der Waals surface area contributed by atoms with Crippen LogP contribution in [0.2, 0.25) is 0 Å². The summed E-state index contributed by atoms with van der Waals surface area (Å²) in [5.41, 5.74) is 0. The summed E-state index contributed by atoms with van der Waals surface area (Å²) in [5, 5.41) is 0. The Kier molecular flexibility index (Phi) is 9.02. The van der Waals surface area contributed by atoms with Crippen molar-refractivity contribution in [3.8, 4) is 0 Å². The normalized spacial score (nSPS) is 18.2. The first-order valence-electron chi connectivity index (χ1n) is 7.67. The molecule has 0 aromatic carbocycles. The van der Waals surface area contributed by atoms with Crippen molar-refractivity contribution in [3.63, 3.8) is 0 Å². The zero-order valence-corrected chi connectivity index (χ0v) is 12.7. The highest BCUT2D eigenvalue weighted by atomic mass is 19.2. The van der Waals surface area contributed by atoms with E-state index in [-0.39, 0.29) is 19.3 Å². The van der Waals surface area contributed by atoms with E-state index in [2.05, 4.69) is 0 Å². The second kappa shape index (κ2) is 10.5. The van der Waals surface area contributed by atoms with Crippen LogP contribution in [0.3, 0.4) is 0 Å². The third kappa shape index (κ3) is 6.79. The molecule has 0 aliphatic rings. The Morgan fingerprint density at radius 1 is 0.696 bits per heavy atom. The van der Waals surface area contributed by atoms with Crippen molar-refractivity contribution >= 4 is 0 Å². The Labute approximate surface area is 132 Å². The molecule has 0 aliphatic carbocycles. The van der Waals surface area contributed by atoms with Crippen molar-refractivity contribution in [2.24, 2.45) is 0 Å². The van der Waals surface area contributed by atoms with Gasteiger partial charge in [0.15, 0.2) is 43.6 Å². The van der Waals surface area contributed by atoms with E-state index in [9.17, 15) is 26.3 Å². The zero-order valence-electron chi connectivity index (χ0n) is 12.7. The summed E-state index contributed by atoms with van der Waals surface area (Å²) in [4.78, 5) is 0. The molecule has 132 valence electrons. The van der Waals surface area contributed by atoms with E-state index < -0.39 is 44.1 Å². The van der Waals surface area contributed by atoms with Crippen LogP contribution in [0, 0.1) is 0 Å². The lowest BCUT2D eigenvalue weighted by atomic mass is 10.00. The Balaban J connectivity index is 2.45. The van der Waals surface area contributed by atoms with Crippen molar-refractivity contribution < 1.29 is 30.9 Å². The van der Waals surface area contributed by atoms with Gasteiger partial charge in [-0.1, -0.05) is 18.9 Å². The Morgan fingerprint density at radius 3 is 1.91 bits per heavy atom. The predicted octanol–water partition coefficient (Wildman–Crippen LogP) is 4.19. The van der Waals surface area contributed by atoms with Crippen molar-refractivity contribution in [2.45, 2.75) is 63.1 Å². The molecule has 0 N–H and O–H groups in total. The molecular weight excluding hydrogens is 320 g/mol. The highest BCUT2D eigenvalue weighted by Gasteiger charge is 2.41. The fraction of sp³-hybridized carbons (Fsp3) is 0.688. The van der Waals surface area contributed by atoms with Crippen LogP contribution in [0.5, 0.6) is 0 Å². The highest BCUT2D eigenvalue weighted by molar-refractivity contribution is 4.86. The van der Waals surface area contributed by atoms with E-state index in [0.29, 0.717) is 6.42 Å². The van der Waals surface area contributed by atoms with Crippen LogP contribution in [-0.2, 0) is 6.54 Å². The number of rotatable bonds is 11. The highest BCUT2D eigenvalue weighted by Crippen LogP contribution is 2.24. The van der Waals surface area contributed by atoms with Gasteiger partial charge in [-0.3, -0.25) is 4.39 Å². The monoisotopic (exact) mass is 342 g/mol. The molecule has 0 aliphatic heterocycles. The standard InChI is InChI=1S/C16H22F6N/c17-8-4-1-3-7-12(18)14(20)16(22)15(21)13(19)11-23-9-5-2-6-10-23/h2,5-6,9-10,12-16H,1,3-4,7-8,11H2/q+1. The minimum absolute atomic E-state index is 0.175. The summed E-state index contributed by atoms with van der Waals surface area (Å²) in [6, 6.07) is 4.84.